The van der Waals surface area contributed by atoms with E-state index in [0.717, 1.165) is 24.3 Å². The molecule has 0 aliphatic carbocycles. The van der Waals surface area contributed by atoms with Gasteiger partial charge in [-0.25, -0.2) is 21.6 Å². The second kappa shape index (κ2) is 15.3. The number of benzene rings is 5. The van der Waals surface area contributed by atoms with Gasteiger partial charge >= 0.3 is 29.4 Å². The molecule has 0 saturated carbocycles. The van der Waals surface area contributed by atoms with Gasteiger partial charge in [-0.15, -0.1) is 0 Å². The summed E-state index contributed by atoms with van der Waals surface area (Å²) >= 11 is -1.10. The minimum Gasteiger partial charge on any atom is -0.743 e. The van der Waals surface area contributed by atoms with Crippen LogP contribution in [0.1, 0.15) is 0 Å². The summed E-state index contributed by atoms with van der Waals surface area (Å²) in [5, 5.41) is -11.6. The van der Waals surface area contributed by atoms with Crippen LogP contribution in [0, 0.1) is 40.7 Å². The fourth-order valence-electron chi connectivity index (χ4n) is 4.21. The molecular weight excluding hydrogens is 760 g/mol. The van der Waals surface area contributed by atoms with Crippen LogP contribution in [0.25, 0.3) is 11.1 Å². The molecule has 5 aromatic rings. The molecule has 5 rings (SSSR count). The minimum atomic E-state index is -6.85. The van der Waals surface area contributed by atoms with Crippen molar-refractivity contribution in [3.8, 4) is 45.6 Å². The van der Waals surface area contributed by atoms with Gasteiger partial charge in [-0.1, -0.05) is 36.4 Å². The van der Waals surface area contributed by atoms with E-state index in [9.17, 15) is 30.5 Å². The summed E-state index contributed by atoms with van der Waals surface area (Å²) in [6.07, 6.45) is 0. The maximum absolute atomic E-state index is 16.0. The Balaban J connectivity index is 0.00000605. The third kappa shape index (κ3) is 7.69. The van der Waals surface area contributed by atoms with E-state index in [4.69, 9.17) is 14.2 Å². The van der Waals surface area contributed by atoms with Crippen LogP contribution < -0.4 is 33.1 Å². The normalized spacial score (nSPS) is 11.9. The summed E-state index contributed by atoms with van der Waals surface area (Å²) in [7, 11) is -6.85. The summed E-state index contributed by atoms with van der Waals surface area (Å²) < 4.78 is 211. The van der Waals surface area contributed by atoms with Crippen molar-refractivity contribution in [3.63, 3.8) is 0 Å². The average Bonchev–Trinajstić information content (AvgIpc) is 3.09. The largest absolute Gasteiger partial charge is 1.00 e. The fourth-order valence-corrected chi connectivity index (χ4v) is 5.62. The zero-order valence-electron chi connectivity index (χ0n) is 25.5. The second-order valence-electron chi connectivity index (χ2n) is 9.93. The van der Waals surface area contributed by atoms with E-state index < -0.39 is 112 Å². The van der Waals surface area contributed by atoms with Crippen molar-refractivity contribution in [1.29, 1.82) is 0 Å². The van der Waals surface area contributed by atoms with Gasteiger partial charge in [-0.2, -0.15) is 35.1 Å². The summed E-state index contributed by atoms with van der Waals surface area (Å²) in [6.45, 7) is 0. The molecule has 0 aliphatic rings. The van der Waals surface area contributed by atoms with Crippen LogP contribution in [0.3, 0.4) is 0 Å². The topological polar surface area (TPSA) is 84.9 Å². The summed E-state index contributed by atoms with van der Waals surface area (Å²) in [5.74, 6) is -22.4. The van der Waals surface area contributed by atoms with Crippen molar-refractivity contribution < 1.29 is 94.3 Å². The Kier molecular flexibility index (Phi) is 11.9. The molecular formula is C32H14F11LiO6S2. The third-order valence-corrected chi connectivity index (χ3v) is 8.61. The van der Waals surface area contributed by atoms with Crippen molar-refractivity contribution in [1.82, 2.24) is 0 Å². The second-order valence-corrected chi connectivity index (χ2v) is 12.5. The van der Waals surface area contributed by atoms with Crippen LogP contribution >= 0.6 is 11.8 Å². The van der Waals surface area contributed by atoms with Crippen LogP contribution in [-0.4, -0.2) is 23.5 Å². The molecule has 0 spiro atoms. The Labute approximate surface area is 302 Å². The molecule has 0 amide bonds. The molecule has 0 unspecified atom stereocenters. The molecule has 0 fully saturated rings. The first-order chi connectivity index (χ1) is 23.9. The predicted molar refractivity (Wildman–Crippen MR) is 157 cm³/mol. The van der Waals surface area contributed by atoms with Gasteiger partial charge in [0.25, 0.3) is 0 Å². The number of alkyl halides is 4. The van der Waals surface area contributed by atoms with E-state index in [1.165, 1.54) is 36.4 Å². The van der Waals surface area contributed by atoms with Gasteiger partial charge in [0, 0.05) is 4.90 Å². The van der Waals surface area contributed by atoms with Crippen LogP contribution in [0.5, 0.6) is 34.5 Å². The van der Waals surface area contributed by atoms with Gasteiger partial charge in [0.2, 0.25) is 34.8 Å². The molecule has 6 nitrogen and oxygen atoms in total. The molecule has 5 aromatic carbocycles. The molecule has 0 heterocycles. The maximum atomic E-state index is 16.0. The standard InChI is InChI=1S/C32H15F11O6S2.Li/c33-21-19(22(34)25(37)29(24(21)36)48-15-7-3-1-4-8-15)20-23(35)26(38)30(49-16-9-5-2-6-10-16)27(39)28(20)47-17-11-13-18(14-12-17)50-31(40,41)32(42,43)51(44,45)46;/h1-14H,(H,44,45,46);/q;+1/p-1. The fraction of sp³-hybridized carbons (Fsp3) is 0.0625. The summed E-state index contributed by atoms with van der Waals surface area (Å²) in [4.78, 5) is -0.856. The van der Waals surface area contributed by atoms with Crippen LogP contribution in [0.2, 0.25) is 0 Å². The van der Waals surface area contributed by atoms with Crippen molar-refractivity contribution in [2.24, 2.45) is 0 Å². The smallest absolute Gasteiger partial charge is 0.743 e. The first-order valence-corrected chi connectivity index (χ1v) is 15.8. The molecule has 52 heavy (non-hydrogen) atoms. The summed E-state index contributed by atoms with van der Waals surface area (Å²) in [6, 6.07) is 15.0. The molecule has 0 saturated heterocycles. The molecule has 0 N–H and O–H groups in total. The van der Waals surface area contributed by atoms with Crippen molar-refractivity contribution in [2.45, 2.75) is 15.4 Å². The first kappa shape index (κ1) is 40.4. The SMILES string of the molecule is O=S(=O)([O-])C(F)(F)C(F)(F)Sc1ccc(Oc2c(F)c(Oc3ccccc3)c(F)c(F)c2-c2c(F)c(F)c(Oc3ccccc3)c(F)c2F)cc1.[Li+]. The van der Waals surface area contributed by atoms with Gasteiger partial charge in [-0.3, -0.25) is 0 Å². The monoisotopic (exact) mass is 774 g/mol. The molecule has 0 radical (unpaired) electrons. The number of hydrogen-bond acceptors (Lipinski definition) is 7. The van der Waals surface area contributed by atoms with Crippen LogP contribution in [0.15, 0.2) is 89.8 Å². The number of thioether (sulfide) groups is 1. The molecule has 268 valence electrons. The van der Waals surface area contributed by atoms with E-state index >= 15 is 30.7 Å². The van der Waals surface area contributed by atoms with Gasteiger partial charge in [0.1, 0.15) is 17.2 Å². The van der Waals surface area contributed by atoms with Gasteiger partial charge in [0.15, 0.2) is 33.3 Å². The van der Waals surface area contributed by atoms with Crippen LogP contribution in [-0.2, 0) is 10.1 Å². The Morgan fingerprint density at radius 1 is 0.500 bits per heavy atom. The Bertz CT molecular complexity index is 2180. The molecule has 0 atom stereocenters. The quantitative estimate of drug-likeness (QED) is 0.0451. The third-order valence-electron chi connectivity index (χ3n) is 6.58. The van der Waals surface area contributed by atoms with E-state index in [-0.39, 0.29) is 30.4 Å². The Hall–Kier alpha value is -4.41. The molecule has 0 bridgehead atoms. The number of halogens is 11. The van der Waals surface area contributed by atoms with Gasteiger partial charge in [0.05, 0.1) is 11.1 Å². The molecule has 0 aromatic heterocycles. The number of rotatable bonds is 11. The number of ether oxygens (including phenoxy) is 3. The van der Waals surface area contributed by atoms with Crippen molar-refractivity contribution >= 4 is 21.9 Å². The molecule has 0 aliphatic heterocycles. The first-order valence-electron chi connectivity index (χ1n) is 13.6. The van der Waals surface area contributed by atoms with Gasteiger partial charge < -0.3 is 18.8 Å². The predicted octanol–water partition coefficient (Wildman–Crippen LogP) is 7.53. The van der Waals surface area contributed by atoms with E-state index in [0.29, 0.717) is 24.3 Å². The summed E-state index contributed by atoms with van der Waals surface area (Å²) in [5.41, 5.74) is -3.91. The van der Waals surface area contributed by atoms with E-state index in [2.05, 4.69) is 0 Å². The van der Waals surface area contributed by atoms with E-state index in [1.807, 2.05) is 0 Å². The molecule has 20 heteroatoms. The van der Waals surface area contributed by atoms with Crippen molar-refractivity contribution in [3.05, 3.63) is 126 Å². The number of para-hydroxylation sites is 2. The Morgan fingerprint density at radius 3 is 1.29 bits per heavy atom. The van der Waals surface area contributed by atoms with Crippen molar-refractivity contribution in [2.75, 3.05) is 0 Å². The average molecular weight is 775 g/mol. The van der Waals surface area contributed by atoms with Crippen LogP contribution in [0.4, 0.5) is 48.3 Å². The maximum Gasteiger partial charge on any atom is 1.00 e. The number of hydrogen-bond donors (Lipinski definition) is 0. The zero-order chi connectivity index (χ0) is 37.5. The zero-order valence-corrected chi connectivity index (χ0v) is 27.1. The Morgan fingerprint density at radius 2 is 0.865 bits per heavy atom. The van der Waals surface area contributed by atoms with E-state index in [1.54, 1.807) is 0 Å². The minimum absolute atomic E-state index is 0. The van der Waals surface area contributed by atoms with Gasteiger partial charge in [-0.05, 0) is 60.3 Å².